The second kappa shape index (κ2) is 6.09. The molecule has 2 N–H and O–H groups in total. The van der Waals surface area contributed by atoms with Crippen molar-refractivity contribution in [3.05, 3.63) is 52.0 Å². The van der Waals surface area contributed by atoms with E-state index in [0.717, 1.165) is 4.47 Å². The molecule has 0 bridgehead atoms. The van der Waals surface area contributed by atoms with Crippen molar-refractivity contribution in [3.8, 4) is 5.75 Å². The van der Waals surface area contributed by atoms with Gasteiger partial charge in [0.05, 0.1) is 13.2 Å². The van der Waals surface area contributed by atoms with Crippen molar-refractivity contribution in [3.63, 3.8) is 0 Å². The first-order chi connectivity index (χ1) is 9.51. The number of nitrogens with one attached hydrogen (secondary N) is 2. The summed E-state index contributed by atoms with van der Waals surface area (Å²) in [4.78, 5) is 14.8. The number of carbonyl (C=O) groups is 1. The van der Waals surface area contributed by atoms with Crippen LogP contribution in [0.3, 0.4) is 0 Å². The van der Waals surface area contributed by atoms with Gasteiger partial charge in [0.2, 0.25) is 0 Å². The van der Waals surface area contributed by atoms with E-state index >= 15 is 0 Å². The normalized spacial score (nSPS) is 12.0. The molecule has 106 valence electrons. The van der Waals surface area contributed by atoms with E-state index in [1.54, 1.807) is 31.3 Å². The van der Waals surface area contributed by atoms with Crippen LogP contribution in [0.4, 0.5) is 4.39 Å². The maximum Gasteiger partial charge on any atom is 0.268 e. The molecule has 0 saturated heterocycles. The molecular formula is C14H14BrFN2O2. The second-order valence-electron chi connectivity index (χ2n) is 4.32. The number of carbonyl (C=O) groups excluding carboxylic acids is 1. The van der Waals surface area contributed by atoms with Crippen molar-refractivity contribution in [2.24, 2.45) is 0 Å². The summed E-state index contributed by atoms with van der Waals surface area (Å²) in [6, 6.07) is 5.98. The zero-order chi connectivity index (χ0) is 14.7. The molecule has 0 radical (unpaired) electrons. The largest absolute Gasteiger partial charge is 0.494 e. The monoisotopic (exact) mass is 340 g/mol. The summed E-state index contributed by atoms with van der Waals surface area (Å²) >= 11 is 3.26. The van der Waals surface area contributed by atoms with Gasteiger partial charge in [-0.2, -0.15) is 0 Å². The molecule has 2 aromatic rings. The standard InChI is InChI=1S/C14H14BrFN2O2/c1-8(9-3-4-13(20-2)11(16)5-9)18-14(19)12-6-10(15)7-17-12/h3-8,17H,1-2H3,(H,18,19). The van der Waals surface area contributed by atoms with Crippen LogP contribution in [0.5, 0.6) is 5.75 Å². The molecule has 4 nitrogen and oxygen atoms in total. The first kappa shape index (κ1) is 14.6. The molecule has 0 aliphatic heterocycles. The number of halogens is 2. The predicted octanol–water partition coefficient (Wildman–Crippen LogP) is 3.42. The topological polar surface area (TPSA) is 54.1 Å². The van der Waals surface area contributed by atoms with Gasteiger partial charge in [0, 0.05) is 10.7 Å². The van der Waals surface area contributed by atoms with Crippen molar-refractivity contribution in [2.75, 3.05) is 7.11 Å². The number of amides is 1. The Morgan fingerprint density at radius 1 is 1.45 bits per heavy atom. The number of hydrogen-bond donors (Lipinski definition) is 2. The SMILES string of the molecule is COc1ccc(C(C)NC(=O)c2cc(Br)c[nH]2)cc1F. The Bertz CT molecular complexity index is 627. The molecule has 1 aromatic heterocycles. The van der Waals surface area contributed by atoms with Gasteiger partial charge in [-0.25, -0.2) is 4.39 Å². The Balaban J connectivity index is 2.10. The van der Waals surface area contributed by atoms with Crippen LogP contribution in [0.25, 0.3) is 0 Å². The van der Waals surface area contributed by atoms with Gasteiger partial charge in [-0.3, -0.25) is 4.79 Å². The number of hydrogen-bond acceptors (Lipinski definition) is 2. The molecule has 1 atom stereocenters. The highest BCUT2D eigenvalue weighted by Crippen LogP contribution is 2.22. The molecule has 2 rings (SSSR count). The van der Waals surface area contributed by atoms with Crippen LogP contribution in [-0.4, -0.2) is 18.0 Å². The highest BCUT2D eigenvalue weighted by molar-refractivity contribution is 9.10. The first-order valence-corrected chi connectivity index (χ1v) is 6.78. The van der Waals surface area contributed by atoms with Crippen LogP contribution in [0.15, 0.2) is 34.9 Å². The Morgan fingerprint density at radius 3 is 2.75 bits per heavy atom. The fourth-order valence-corrected chi connectivity index (χ4v) is 2.15. The Morgan fingerprint density at radius 2 is 2.20 bits per heavy atom. The molecule has 1 heterocycles. The van der Waals surface area contributed by atoms with E-state index in [-0.39, 0.29) is 17.7 Å². The van der Waals surface area contributed by atoms with Gasteiger partial charge in [0.25, 0.3) is 5.91 Å². The van der Waals surface area contributed by atoms with Crippen molar-refractivity contribution in [2.45, 2.75) is 13.0 Å². The summed E-state index contributed by atoms with van der Waals surface area (Å²) in [6.07, 6.45) is 1.67. The smallest absolute Gasteiger partial charge is 0.268 e. The predicted molar refractivity (Wildman–Crippen MR) is 77.3 cm³/mol. The van der Waals surface area contributed by atoms with E-state index in [1.807, 2.05) is 0 Å². The first-order valence-electron chi connectivity index (χ1n) is 5.99. The summed E-state index contributed by atoms with van der Waals surface area (Å²) in [6.45, 7) is 1.79. The molecule has 1 unspecified atom stereocenters. The highest BCUT2D eigenvalue weighted by atomic mass is 79.9. The summed E-state index contributed by atoms with van der Waals surface area (Å²) < 4.78 is 19.3. The summed E-state index contributed by atoms with van der Waals surface area (Å²) in [5.74, 6) is -0.520. The van der Waals surface area contributed by atoms with E-state index in [4.69, 9.17) is 4.74 Å². The van der Waals surface area contributed by atoms with Crippen molar-refractivity contribution < 1.29 is 13.9 Å². The van der Waals surface area contributed by atoms with Crippen LogP contribution in [0.1, 0.15) is 29.0 Å². The van der Waals surface area contributed by atoms with E-state index in [2.05, 4.69) is 26.2 Å². The number of aromatic amines is 1. The van der Waals surface area contributed by atoms with Crippen LogP contribution in [-0.2, 0) is 0 Å². The molecule has 1 amide bonds. The summed E-state index contributed by atoms with van der Waals surface area (Å²) in [7, 11) is 1.41. The van der Waals surface area contributed by atoms with Crippen LogP contribution in [0, 0.1) is 5.82 Å². The van der Waals surface area contributed by atoms with E-state index in [1.165, 1.54) is 13.2 Å². The van der Waals surface area contributed by atoms with Crippen LogP contribution in [0.2, 0.25) is 0 Å². The zero-order valence-corrected chi connectivity index (χ0v) is 12.6. The molecule has 1 aromatic carbocycles. The van der Waals surface area contributed by atoms with Gasteiger partial charge in [0.1, 0.15) is 5.69 Å². The average molecular weight is 341 g/mol. The molecule has 0 aliphatic rings. The van der Waals surface area contributed by atoms with Gasteiger partial charge in [-0.05, 0) is 46.6 Å². The molecule has 0 saturated carbocycles. The number of methoxy groups -OCH3 is 1. The maximum atomic E-state index is 13.6. The highest BCUT2D eigenvalue weighted by Gasteiger charge is 2.14. The lowest BCUT2D eigenvalue weighted by atomic mass is 10.1. The number of ether oxygens (including phenoxy) is 1. The fraction of sp³-hybridized carbons (Fsp3) is 0.214. The molecule has 6 heteroatoms. The van der Waals surface area contributed by atoms with Gasteiger partial charge in [-0.15, -0.1) is 0 Å². The number of aromatic nitrogens is 1. The van der Waals surface area contributed by atoms with Crippen LogP contribution >= 0.6 is 15.9 Å². The lowest BCUT2D eigenvalue weighted by Crippen LogP contribution is -2.26. The summed E-state index contributed by atoms with van der Waals surface area (Å²) in [5, 5.41) is 2.79. The van der Waals surface area contributed by atoms with Gasteiger partial charge in [0.15, 0.2) is 11.6 Å². The van der Waals surface area contributed by atoms with Crippen molar-refractivity contribution in [1.82, 2.24) is 10.3 Å². The molecule has 20 heavy (non-hydrogen) atoms. The fourth-order valence-electron chi connectivity index (χ4n) is 1.81. The van der Waals surface area contributed by atoms with Crippen LogP contribution < -0.4 is 10.1 Å². The van der Waals surface area contributed by atoms with Gasteiger partial charge < -0.3 is 15.0 Å². The Kier molecular flexibility index (Phi) is 4.44. The lowest BCUT2D eigenvalue weighted by Gasteiger charge is -2.14. The molecular weight excluding hydrogens is 327 g/mol. The molecule has 0 spiro atoms. The van der Waals surface area contributed by atoms with Crippen molar-refractivity contribution >= 4 is 21.8 Å². The number of benzene rings is 1. The summed E-state index contributed by atoms with van der Waals surface area (Å²) in [5.41, 5.74) is 1.11. The van der Waals surface area contributed by atoms with Crippen molar-refractivity contribution in [1.29, 1.82) is 0 Å². The number of H-pyrrole nitrogens is 1. The minimum atomic E-state index is -0.450. The quantitative estimate of drug-likeness (QED) is 0.895. The molecule has 0 aliphatic carbocycles. The van der Waals surface area contributed by atoms with Gasteiger partial charge in [-0.1, -0.05) is 6.07 Å². The van der Waals surface area contributed by atoms with E-state index in [9.17, 15) is 9.18 Å². The van der Waals surface area contributed by atoms with Gasteiger partial charge >= 0.3 is 0 Å². The number of rotatable bonds is 4. The van der Waals surface area contributed by atoms with E-state index < -0.39 is 5.82 Å². The third-order valence-corrected chi connectivity index (χ3v) is 3.37. The minimum absolute atomic E-state index is 0.181. The third kappa shape index (κ3) is 3.19. The zero-order valence-electron chi connectivity index (χ0n) is 11.0. The minimum Gasteiger partial charge on any atom is -0.494 e. The maximum absolute atomic E-state index is 13.6. The van der Waals surface area contributed by atoms with E-state index in [0.29, 0.717) is 11.3 Å². The third-order valence-electron chi connectivity index (χ3n) is 2.92. The average Bonchev–Trinajstić information content (AvgIpc) is 2.85. The second-order valence-corrected chi connectivity index (χ2v) is 5.24. The lowest BCUT2D eigenvalue weighted by molar-refractivity contribution is 0.0935. The Hall–Kier alpha value is -1.82. The molecule has 0 fully saturated rings. The Labute approximate surface area is 124 Å².